The van der Waals surface area contributed by atoms with Gasteiger partial charge in [-0.1, -0.05) is 70.5 Å². The van der Waals surface area contributed by atoms with Gasteiger partial charge in [0.15, 0.2) is 23.3 Å². The smallest absolute Gasteiger partial charge is 0.338 e. The molecular formula is C27H23BrO7. The first-order valence-corrected chi connectivity index (χ1v) is 11.9. The maximum atomic E-state index is 13.0. The molecule has 7 nitrogen and oxygen atoms in total. The SMILES string of the molecule is C[C@H]1O[C@H](Br)[C@H](OC(=O)c2ccccc2)[C@@H](OC(=O)c2ccccc2)[C@@H]1OC(=O)c1ccccc1. The summed E-state index contributed by atoms with van der Waals surface area (Å²) in [5.41, 5.74) is 0.947. The maximum Gasteiger partial charge on any atom is 0.338 e. The fraction of sp³-hybridized carbons (Fsp3) is 0.222. The van der Waals surface area contributed by atoms with Crippen LogP contribution in [0.5, 0.6) is 0 Å². The van der Waals surface area contributed by atoms with E-state index in [1.807, 2.05) is 0 Å². The number of hydrogen-bond donors (Lipinski definition) is 0. The first-order chi connectivity index (χ1) is 16.9. The van der Waals surface area contributed by atoms with E-state index in [0.29, 0.717) is 16.7 Å². The average molecular weight is 539 g/mol. The maximum absolute atomic E-state index is 13.0. The Labute approximate surface area is 211 Å². The lowest BCUT2D eigenvalue weighted by Gasteiger charge is -2.42. The number of rotatable bonds is 6. The highest BCUT2D eigenvalue weighted by Crippen LogP contribution is 2.32. The normalized spacial score (nSPS) is 23.7. The second-order valence-corrected chi connectivity index (χ2v) is 8.80. The summed E-state index contributed by atoms with van der Waals surface area (Å²) in [5, 5.41) is -0.814. The molecule has 3 aromatic carbocycles. The van der Waals surface area contributed by atoms with Crippen molar-refractivity contribution in [3.63, 3.8) is 0 Å². The Hall–Kier alpha value is -3.49. The fourth-order valence-corrected chi connectivity index (χ4v) is 4.43. The molecule has 5 atom stereocenters. The van der Waals surface area contributed by atoms with Crippen molar-refractivity contribution >= 4 is 33.8 Å². The van der Waals surface area contributed by atoms with E-state index >= 15 is 0 Å². The van der Waals surface area contributed by atoms with Crippen molar-refractivity contribution in [3.05, 3.63) is 108 Å². The molecule has 1 saturated heterocycles. The molecule has 35 heavy (non-hydrogen) atoms. The minimum Gasteiger partial charge on any atom is -0.452 e. The van der Waals surface area contributed by atoms with E-state index in [1.54, 1.807) is 97.9 Å². The molecule has 1 heterocycles. The molecule has 0 N–H and O–H groups in total. The summed E-state index contributed by atoms with van der Waals surface area (Å²) in [6.07, 6.45) is -3.96. The number of benzene rings is 3. The van der Waals surface area contributed by atoms with Gasteiger partial charge in [0.05, 0.1) is 22.8 Å². The van der Waals surface area contributed by atoms with E-state index in [4.69, 9.17) is 18.9 Å². The molecule has 0 bridgehead atoms. The minimum absolute atomic E-state index is 0.305. The fourth-order valence-electron chi connectivity index (χ4n) is 3.68. The number of halogens is 1. The summed E-state index contributed by atoms with van der Waals surface area (Å²) < 4.78 is 23.2. The molecule has 0 amide bonds. The van der Waals surface area contributed by atoms with Crippen molar-refractivity contribution < 1.29 is 33.3 Å². The van der Waals surface area contributed by atoms with Gasteiger partial charge in [0.2, 0.25) is 0 Å². The zero-order valence-corrected chi connectivity index (χ0v) is 20.4. The van der Waals surface area contributed by atoms with Gasteiger partial charge < -0.3 is 18.9 Å². The molecule has 4 rings (SSSR count). The van der Waals surface area contributed by atoms with E-state index in [9.17, 15) is 14.4 Å². The highest BCUT2D eigenvalue weighted by Gasteiger charge is 2.50. The van der Waals surface area contributed by atoms with E-state index in [0.717, 1.165) is 0 Å². The van der Waals surface area contributed by atoms with Crippen molar-refractivity contribution in [2.24, 2.45) is 0 Å². The quantitative estimate of drug-likeness (QED) is 0.253. The van der Waals surface area contributed by atoms with Crippen LogP contribution in [0.2, 0.25) is 0 Å². The first kappa shape index (κ1) is 24.6. The molecule has 3 aromatic rings. The number of alkyl halides is 1. The Kier molecular flexibility index (Phi) is 7.94. The monoisotopic (exact) mass is 538 g/mol. The molecule has 180 valence electrons. The third-order valence-electron chi connectivity index (χ3n) is 5.47. The molecule has 0 radical (unpaired) electrons. The van der Waals surface area contributed by atoms with Gasteiger partial charge in [-0.05, 0) is 43.3 Å². The lowest BCUT2D eigenvalue weighted by Crippen LogP contribution is -2.59. The zero-order valence-electron chi connectivity index (χ0n) is 18.8. The van der Waals surface area contributed by atoms with Crippen LogP contribution in [0.1, 0.15) is 38.0 Å². The topological polar surface area (TPSA) is 88.1 Å². The van der Waals surface area contributed by atoms with Crippen LogP contribution in [0.3, 0.4) is 0 Å². The Morgan fingerprint density at radius 3 is 1.34 bits per heavy atom. The number of carbonyl (C=O) groups excluding carboxylic acids is 3. The van der Waals surface area contributed by atoms with Crippen LogP contribution in [-0.2, 0) is 18.9 Å². The van der Waals surface area contributed by atoms with Crippen LogP contribution in [0.15, 0.2) is 91.0 Å². The molecule has 0 aromatic heterocycles. The number of hydrogen-bond acceptors (Lipinski definition) is 7. The van der Waals surface area contributed by atoms with Crippen LogP contribution < -0.4 is 0 Å². The molecule has 0 saturated carbocycles. The minimum atomic E-state index is -1.14. The first-order valence-electron chi connectivity index (χ1n) is 11.0. The molecular weight excluding hydrogens is 516 g/mol. The van der Waals surface area contributed by atoms with Crippen LogP contribution in [0.4, 0.5) is 0 Å². The van der Waals surface area contributed by atoms with E-state index < -0.39 is 47.3 Å². The molecule has 1 aliphatic heterocycles. The lowest BCUT2D eigenvalue weighted by molar-refractivity contribution is -0.193. The van der Waals surface area contributed by atoms with E-state index in [-0.39, 0.29) is 0 Å². The van der Waals surface area contributed by atoms with Crippen molar-refractivity contribution in [2.45, 2.75) is 36.4 Å². The second kappa shape index (κ2) is 11.3. The Morgan fingerprint density at radius 1 is 0.600 bits per heavy atom. The molecule has 1 fully saturated rings. The molecule has 1 aliphatic rings. The largest absolute Gasteiger partial charge is 0.452 e. The summed E-state index contributed by atoms with van der Waals surface area (Å²) in [4.78, 5) is 38.7. The third kappa shape index (κ3) is 5.96. The van der Waals surface area contributed by atoms with Gasteiger partial charge in [-0.15, -0.1) is 0 Å². The summed E-state index contributed by atoms with van der Waals surface area (Å²) >= 11 is 3.39. The van der Waals surface area contributed by atoms with Crippen molar-refractivity contribution in [1.82, 2.24) is 0 Å². The van der Waals surface area contributed by atoms with Gasteiger partial charge in [-0.25, -0.2) is 14.4 Å². The molecule has 0 aliphatic carbocycles. The number of ether oxygens (including phenoxy) is 4. The van der Waals surface area contributed by atoms with Crippen molar-refractivity contribution in [2.75, 3.05) is 0 Å². The van der Waals surface area contributed by atoms with Crippen molar-refractivity contribution in [1.29, 1.82) is 0 Å². The molecule has 8 heteroatoms. The average Bonchev–Trinajstić information content (AvgIpc) is 2.89. The third-order valence-corrected chi connectivity index (χ3v) is 6.21. The van der Waals surface area contributed by atoms with Gasteiger partial charge in [-0.3, -0.25) is 0 Å². The van der Waals surface area contributed by atoms with Crippen LogP contribution in [0, 0.1) is 0 Å². The highest BCUT2D eigenvalue weighted by atomic mass is 79.9. The van der Waals surface area contributed by atoms with Crippen molar-refractivity contribution in [3.8, 4) is 0 Å². The Morgan fingerprint density at radius 2 is 0.943 bits per heavy atom. The summed E-state index contributed by atoms with van der Waals surface area (Å²) in [5.74, 6) is -1.90. The summed E-state index contributed by atoms with van der Waals surface area (Å²) in [6, 6.07) is 25.2. The molecule has 0 unspecified atom stereocenters. The number of esters is 3. The zero-order chi connectivity index (χ0) is 24.8. The lowest BCUT2D eigenvalue weighted by atomic mass is 9.99. The standard InChI is InChI=1S/C27H23BrO7/c1-17-21(33-25(29)18-11-5-2-6-12-18)22(34-26(30)19-13-7-3-8-14-19)23(24(28)32-17)35-27(31)20-15-9-4-10-16-20/h2-17,21-24H,1H3/t17-,21-,22+,23-,24+/m1/s1. The van der Waals surface area contributed by atoms with Gasteiger partial charge in [-0.2, -0.15) is 0 Å². The van der Waals surface area contributed by atoms with Crippen LogP contribution >= 0.6 is 15.9 Å². The van der Waals surface area contributed by atoms with Gasteiger partial charge in [0.1, 0.15) is 0 Å². The molecule has 0 spiro atoms. The van der Waals surface area contributed by atoms with E-state index in [1.165, 1.54) is 0 Å². The van der Waals surface area contributed by atoms with Gasteiger partial charge in [0, 0.05) is 0 Å². The predicted octanol–water partition coefficient (Wildman–Crippen LogP) is 4.80. The van der Waals surface area contributed by atoms with Crippen LogP contribution in [-0.4, -0.2) is 47.3 Å². The predicted molar refractivity (Wildman–Crippen MR) is 130 cm³/mol. The van der Waals surface area contributed by atoms with E-state index in [2.05, 4.69) is 15.9 Å². The highest BCUT2D eigenvalue weighted by molar-refractivity contribution is 9.09. The Bertz CT molecular complexity index is 1090. The van der Waals surface area contributed by atoms with Gasteiger partial charge in [0.25, 0.3) is 0 Å². The van der Waals surface area contributed by atoms with Crippen LogP contribution in [0.25, 0.3) is 0 Å². The number of carbonyl (C=O) groups is 3. The second-order valence-electron chi connectivity index (χ2n) is 7.90. The summed E-state index contributed by atoms with van der Waals surface area (Å²) in [7, 11) is 0. The Balaban J connectivity index is 1.63. The summed E-state index contributed by atoms with van der Waals surface area (Å²) in [6.45, 7) is 1.69. The van der Waals surface area contributed by atoms with Gasteiger partial charge >= 0.3 is 17.9 Å².